The van der Waals surface area contributed by atoms with Gasteiger partial charge in [0.25, 0.3) is 0 Å². The first-order valence-corrected chi connectivity index (χ1v) is 8.31. The topological polar surface area (TPSA) is 124 Å². The van der Waals surface area contributed by atoms with Gasteiger partial charge in [-0.3, -0.25) is 4.79 Å². The number of Topliss-reactive ketones (excluding diaryl/α,β-unsaturated/α-hetero) is 1. The van der Waals surface area contributed by atoms with E-state index in [-0.39, 0.29) is 5.56 Å². The minimum absolute atomic E-state index is 0.240. The highest BCUT2D eigenvalue weighted by Crippen LogP contribution is 2.21. The molecular weight excluding hydrogens is 356 g/mol. The molecule has 2 heterocycles. The lowest BCUT2D eigenvalue weighted by molar-refractivity contribution is -0.122. The fourth-order valence-corrected chi connectivity index (χ4v) is 2.99. The van der Waals surface area contributed by atoms with Gasteiger partial charge in [0.05, 0.1) is 17.3 Å². The van der Waals surface area contributed by atoms with Gasteiger partial charge in [0.15, 0.2) is 18.3 Å². The molecular formula is C16H12N6O3S. The number of ether oxygens (including phenoxy) is 1. The van der Waals surface area contributed by atoms with E-state index in [2.05, 4.69) is 20.5 Å². The van der Waals surface area contributed by atoms with Crippen molar-refractivity contribution in [1.82, 2.24) is 25.2 Å². The first-order chi connectivity index (χ1) is 12.6. The lowest BCUT2D eigenvalue weighted by Crippen LogP contribution is -2.20. The zero-order valence-electron chi connectivity index (χ0n) is 13.6. The van der Waals surface area contributed by atoms with Crippen LogP contribution in [0.5, 0.6) is 0 Å². The average molecular weight is 368 g/mol. The number of tetrazole rings is 1. The largest absolute Gasteiger partial charge is 0.454 e. The van der Waals surface area contributed by atoms with Crippen molar-refractivity contribution in [3.8, 4) is 11.8 Å². The number of aromatic nitrogens is 5. The molecule has 1 atom stereocenters. The van der Waals surface area contributed by atoms with Gasteiger partial charge < -0.3 is 4.74 Å². The van der Waals surface area contributed by atoms with E-state index in [1.54, 1.807) is 30.5 Å². The van der Waals surface area contributed by atoms with E-state index in [9.17, 15) is 14.9 Å². The Balaban J connectivity index is 1.66. The van der Waals surface area contributed by atoms with Crippen LogP contribution in [-0.4, -0.2) is 43.6 Å². The smallest absolute Gasteiger partial charge is 0.338 e. The van der Waals surface area contributed by atoms with Gasteiger partial charge in [-0.25, -0.2) is 14.5 Å². The van der Waals surface area contributed by atoms with Gasteiger partial charge >= 0.3 is 5.97 Å². The minimum atomic E-state index is -1.05. The Morgan fingerprint density at radius 2 is 2.27 bits per heavy atom. The van der Waals surface area contributed by atoms with E-state index in [1.807, 2.05) is 6.07 Å². The highest BCUT2D eigenvalue weighted by atomic mass is 32.1. The van der Waals surface area contributed by atoms with Gasteiger partial charge in [-0.05, 0) is 35.5 Å². The molecule has 130 valence electrons. The molecule has 10 heteroatoms. The zero-order chi connectivity index (χ0) is 18.5. The molecule has 0 spiro atoms. The highest BCUT2D eigenvalue weighted by molar-refractivity contribution is 7.09. The van der Waals surface area contributed by atoms with Crippen LogP contribution < -0.4 is 0 Å². The molecule has 0 saturated heterocycles. The quantitative estimate of drug-likeness (QED) is 0.599. The predicted octanol–water partition coefficient (Wildman–Crippen LogP) is 1.46. The second-order valence-corrected chi connectivity index (χ2v) is 6.13. The van der Waals surface area contributed by atoms with Crippen LogP contribution in [0.4, 0.5) is 0 Å². The molecule has 0 N–H and O–H groups in total. The number of hydrogen-bond acceptors (Lipinski definition) is 9. The maximum Gasteiger partial charge on any atom is 0.338 e. The Bertz CT molecular complexity index is 976. The summed E-state index contributed by atoms with van der Waals surface area (Å²) in [6.45, 7) is 1.27. The molecule has 0 aliphatic heterocycles. The molecule has 9 nitrogen and oxygen atoms in total. The van der Waals surface area contributed by atoms with Crippen molar-refractivity contribution in [3.63, 3.8) is 0 Å². The monoisotopic (exact) mass is 368 g/mol. The summed E-state index contributed by atoms with van der Waals surface area (Å²) in [6.07, 6.45) is 1.39. The Kier molecular flexibility index (Phi) is 5.09. The molecule has 0 fully saturated rings. The van der Waals surface area contributed by atoms with Gasteiger partial charge in [-0.1, -0.05) is 6.07 Å². The van der Waals surface area contributed by atoms with Gasteiger partial charge in [0.2, 0.25) is 0 Å². The number of ketones is 1. The van der Waals surface area contributed by atoms with Crippen molar-refractivity contribution in [3.05, 3.63) is 52.2 Å². The van der Waals surface area contributed by atoms with E-state index in [1.165, 1.54) is 28.4 Å². The third-order valence-corrected chi connectivity index (χ3v) is 4.40. The van der Waals surface area contributed by atoms with E-state index in [0.29, 0.717) is 10.7 Å². The molecule has 0 aliphatic rings. The lowest BCUT2D eigenvalue weighted by atomic mass is 10.1. The predicted molar refractivity (Wildman–Crippen MR) is 89.6 cm³/mol. The number of hydrogen-bond donors (Lipinski definition) is 0. The third-order valence-electron chi connectivity index (χ3n) is 3.38. The molecule has 0 unspecified atom stereocenters. The summed E-state index contributed by atoms with van der Waals surface area (Å²) in [5, 5.41) is 22.2. The van der Waals surface area contributed by atoms with Crippen LogP contribution in [0.2, 0.25) is 0 Å². The highest BCUT2D eigenvalue weighted by Gasteiger charge is 2.24. The standard InChI is InChI=1S/C16H12N6O3S/c1-10-8-26-15(19-10)13(6-17)14(23)7-25-16(24)11-3-2-4-12(5-11)22-9-18-20-21-22/h2-5,8-9,13H,7H2,1H3/t13-/m0/s1. The average Bonchev–Trinajstić information content (AvgIpc) is 3.32. The van der Waals surface area contributed by atoms with Crippen LogP contribution in [0, 0.1) is 18.3 Å². The van der Waals surface area contributed by atoms with Gasteiger partial charge in [-0.2, -0.15) is 5.26 Å². The van der Waals surface area contributed by atoms with Crippen LogP contribution in [0.1, 0.15) is 27.0 Å². The minimum Gasteiger partial charge on any atom is -0.454 e. The fourth-order valence-electron chi connectivity index (χ4n) is 2.13. The summed E-state index contributed by atoms with van der Waals surface area (Å²) in [5.74, 6) is -2.25. The maximum absolute atomic E-state index is 12.2. The van der Waals surface area contributed by atoms with Crippen LogP contribution in [0.3, 0.4) is 0 Å². The number of benzene rings is 1. The molecule has 0 radical (unpaired) electrons. The summed E-state index contributed by atoms with van der Waals surface area (Å²) >= 11 is 1.23. The van der Waals surface area contributed by atoms with Crippen molar-refractivity contribution in [1.29, 1.82) is 5.26 Å². The molecule has 0 amide bonds. The Morgan fingerprint density at radius 1 is 1.42 bits per heavy atom. The number of aryl methyl sites for hydroxylation is 1. The normalized spacial score (nSPS) is 11.5. The van der Waals surface area contributed by atoms with Crippen molar-refractivity contribution >= 4 is 23.1 Å². The number of esters is 1. The number of nitriles is 1. The van der Waals surface area contributed by atoms with Crippen molar-refractivity contribution in [2.75, 3.05) is 6.61 Å². The van der Waals surface area contributed by atoms with Crippen molar-refractivity contribution in [2.24, 2.45) is 0 Å². The molecule has 3 rings (SSSR count). The second kappa shape index (κ2) is 7.62. The van der Waals surface area contributed by atoms with Crippen molar-refractivity contribution < 1.29 is 14.3 Å². The molecule has 26 heavy (non-hydrogen) atoms. The first-order valence-electron chi connectivity index (χ1n) is 7.43. The third kappa shape index (κ3) is 3.79. The van der Waals surface area contributed by atoms with Crippen LogP contribution >= 0.6 is 11.3 Å². The number of nitrogens with zero attached hydrogens (tertiary/aromatic N) is 6. The van der Waals surface area contributed by atoms with Crippen LogP contribution in [0.15, 0.2) is 36.0 Å². The van der Waals surface area contributed by atoms with Gasteiger partial charge in [-0.15, -0.1) is 16.4 Å². The van der Waals surface area contributed by atoms with E-state index >= 15 is 0 Å². The summed E-state index contributed by atoms with van der Waals surface area (Å²) in [5.41, 5.74) is 1.54. The number of carbonyl (C=O) groups excluding carboxylic acids is 2. The number of carbonyl (C=O) groups is 2. The fraction of sp³-hybridized carbons (Fsp3) is 0.188. The molecule has 2 aromatic heterocycles. The summed E-state index contributed by atoms with van der Waals surface area (Å²) < 4.78 is 6.44. The summed E-state index contributed by atoms with van der Waals surface area (Å²) in [6, 6.07) is 8.35. The molecule has 1 aromatic carbocycles. The van der Waals surface area contributed by atoms with E-state index in [4.69, 9.17) is 4.74 Å². The SMILES string of the molecule is Cc1csc([C@@H](C#N)C(=O)COC(=O)c2cccc(-n3cnnn3)c2)n1. The maximum atomic E-state index is 12.2. The molecule has 0 aliphatic carbocycles. The lowest BCUT2D eigenvalue weighted by Gasteiger charge is -2.08. The molecule has 3 aromatic rings. The molecule has 0 saturated carbocycles. The van der Waals surface area contributed by atoms with E-state index in [0.717, 1.165) is 5.69 Å². The Labute approximate surface area is 151 Å². The van der Waals surface area contributed by atoms with Gasteiger partial charge in [0, 0.05) is 11.1 Å². The van der Waals surface area contributed by atoms with Gasteiger partial charge in [0.1, 0.15) is 11.3 Å². The Morgan fingerprint density at radius 3 is 2.92 bits per heavy atom. The van der Waals surface area contributed by atoms with Crippen molar-refractivity contribution in [2.45, 2.75) is 12.8 Å². The summed E-state index contributed by atoms with van der Waals surface area (Å²) in [4.78, 5) is 28.5. The second-order valence-electron chi connectivity index (χ2n) is 5.24. The number of rotatable bonds is 6. The van der Waals surface area contributed by atoms with Crippen LogP contribution in [-0.2, 0) is 9.53 Å². The first kappa shape index (κ1) is 17.4. The van der Waals surface area contributed by atoms with Crippen LogP contribution in [0.25, 0.3) is 5.69 Å². The zero-order valence-corrected chi connectivity index (χ0v) is 14.4. The van der Waals surface area contributed by atoms with E-state index < -0.39 is 24.3 Å². The molecule has 0 bridgehead atoms. The number of thiazole rings is 1. The summed E-state index contributed by atoms with van der Waals surface area (Å²) in [7, 11) is 0. The Hall–Kier alpha value is -3.45.